The fourth-order valence-electron chi connectivity index (χ4n) is 3.56. The second-order valence-electron chi connectivity index (χ2n) is 7.18. The number of carbonyl (C=O) groups is 1. The van der Waals surface area contributed by atoms with Gasteiger partial charge in [-0.05, 0) is 38.0 Å². The van der Waals surface area contributed by atoms with Gasteiger partial charge in [0.05, 0.1) is 0 Å². The number of aromatic nitrogens is 2. The smallest absolute Gasteiger partial charge is 0.321 e. The number of hydrogen-bond acceptors (Lipinski definition) is 5. The second kappa shape index (κ2) is 7.82. The van der Waals surface area contributed by atoms with E-state index >= 15 is 0 Å². The zero-order chi connectivity index (χ0) is 18.6. The van der Waals surface area contributed by atoms with Gasteiger partial charge in [-0.25, -0.2) is 9.78 Å². The third kappa shape index (κ3) is 4.13. The summed E-state index contributed by atoms with van der Waals surface area (Å²) in [5.74, 6) is 1.77. The van der Waals surface area contributed by atoms with Gasteiger partial charge in [0.2, 0.25) is 5.95 Å². The summed E-state index contributed by atoms with van der Waals surface area (Å²) in [5.41, 5.74) is 2.01. The molecule has 1 N–H and O–H groups in total. The minimum absolute atomic E-state index is 0.0426. The molecule has 0 unspecified atom stereocenters. The van der Waals surface area contributed by atoms with Crippen molar-refractivity contribution >= 4 is 23.5 Å². The van der Waals surface area contributed by atoms with Crippen LogP contribution < -0.4 is 15.1 Å². The molecular formula is C20H26N6O. The molecule has 2 aliphatic rings. The third-order valence-electron chi connectivity index (χ3n) is 5.21. The number of nitrogens with one attached hydrogen (secondary N) is 1. The van der Waals surface area contributed by atoms with Gasteiger partial charge in [0, 0.05) is 51.2 Å². The molecule has 3 heterocycles. The zero-order valence-electron chi connectivity index (χ0n) is 15.8. The number of aryl methyl sites for hydroxylation is 1. The minimum Gasteiger partial charge on any atom is -0.353 e. The molecule has 1 aromatic carbocycles. The van der Waals surface area contributed by atoms with Gasteiger partial charge in [-0.3, -0.25) is 0 Å². The molecule has 142 valence electrons. The van der Waals surface area contributed by atoms with Crippen molar-refractivity contribution in [2.75, 3.05) is 54.4 Å². The number of hydrogen-bond donors (Lipinski definition) is 1. The molecule has 0 atom stereocenters. The van der Waals surface area contributed by atoms with Gasteiger partial charge in [0.15, 0.2) is 0 Å². The summed E-state index contributed by atoms with van der Waals surface area (Å²) in [6, 6.07) is 9.79. The topological polar surface area (TPSA) is 64.6 Å². The second-order valence-corrected chi connectivity index (χ2v) is 7.18. The number of amides is 2. The fraction of sp³-hybridized carbons (Fsp3) is 0.450. The van der Waals surface area contributed by atoms with E-state index in [1.165, 1.54) is 18.4 Å². The summed E-state index contributed by atoms with van der Waals surface area (Å²) in [7, 11) is 0. The highest BCUT2D eigenvalue weighted by Crippen LogP contribution is 2.20. The van der Waals surface area contributed by atoms with Crippen LogP contribution in [-0.4, -0.2) is 60.2 Å². The van der Waals surface area contributed by atoms with Crippen molar-refractivity contribution in [3.05, 3.63) is 42.1 Å². The molecule has 2 aromatic rings. The molecule has 4 rings (SSSR count). The molecule has 0 spiro atoms. The molecule has 2 fully saturated rings. The van der Waals surface area contributed by atoms with Crippen molar-refractivity contribution in [1.82, 2.24) is 14.9 Å². The summed E-state index contributed by atoms with van der Waals surface area (Å²) in [5, 5.41) is 2.98. The highest BCUT2D eigenvalue weighted by molar-refractivity contribution is 5.89. The van der Waals surface area contributed by atoms with E-state index in [4.69, 9.17) is 4.98 Å². The van der Waals surface area contributed by atoms with Gasteiger partial charge in [-0.15, -0.1) is 0 Å². The molecule has 1 aromatic heterocycles. The molecule has 7 nitrogen and oxygen atoms in total. The number of nitrogens with zero attached hydrogens (tertiary/aromatic N) is 5. The number of piperazine rings is 1. The number of urea groups is 1. The Hall–Kier alpha value is -2.83. The highest BCUT2D eigenvalue weighted by atomic mass is 16.2. The molecule has 0 saturated carbocycles. The molecule has 7 heteroatoms. The minimum atomic E-state index is -0.0426. The summed E-state index contributed by atoms with van der Waals surface area (Å²) in [4.78, 5) is 28.0. The lowest BCUT2D eigenvalue weighted by molar-refractivity contribution is 0.208. The van der Waals surface area contributed by atoms with Crippen molar-refractivity contribution in [2.24, 2.45) is 0 Å². The quantitative estimate of drug-likeness (QED) is 0.905. The van der Waals surface area contributed by atoms with Crippen molar-refractivity contribution < 1.29 is 4.79 Å². The van der Waals surface area contributed by atoms with Gasteiger partial charge in [-0.1, -0.05) is 17.7 Å². The van der Waals surface area contributed by atoms with Crippen molar-refractivity contribution in [2.45, 2.75) is 19.8 Å². The Balaban J connectivity index is 1.34. The predicted molar refractivity (Wildman–Crippen MR) is 107 cm³/mol. The molecule has 0 radical (unpaired) electrons. The van der Waals surface area contributed by atoms with E-state index in [-0.39, 0.29) is 6.03 Å². The Bertz CT molecular complexity index is 779. The maximum Gasteiger partial charge on any atom is 0.321 e. The fourth-order valence-corrected chi connectivity index (χ4v) is 3.56. The van der Waals surface area contributed by atoms with Crippen LogP contribution in [0, 0.1) is 6.92 Å². The van der Waals surface area contributed by atoms with Crippen LogP contribution in [0.15, 0.2) is 36.5 Å². The number of anilines is 3. The van der Waals surface area contributed by atoms with Crippen LogP contribution in [-0.2, 0) is 0 Å². The molecule has 2 aliphatic heterocycles. The Kier molecular flexibility index (Phi) is 5.09. The first-order valence-corrected chi connectivity index (χ1v) is 9.64. The van der Waals surface area contributed by atoms with E-state index in [0.717, 1.165) is 43.6 Å². The van der Waals surface area contributed by atoms with Gasteiger partial charge < -0.3 is 20.0 Å². The Morgan fingerprint density at radius 1 is 0.926 bits per heavy atom. The van der Waals surface area contributed by atoms with E-state index in [1.54, 1.807) is 0 Å². The monoisotopic (exact) mass is 366 g/mol. The maximum absolute atomic E-state index is 12.5. The lowest BCUT2D eigenvalue weighted by Gasteiger charge is -2.35. The van der Waals surface area contributed by atoms with Gasteiger partial charge in [0.25, 0.3) is 0 Å². The highest BCUT2D eigenvalue weighted by Gasteiger charge is 2.23. The van der Waals surface area contributed by atoms with E-state index in [0.29, 0.717) is 13.1 Å². The lowest BCUT2D eigenvalue weighted by atomic mass is 10.2. The van der Waals surface area contributed by atoms with Crippen LogP contribution in [0.5, 0.6) is 0 Å². The molecule has 2 amide bonds. The predicted octanol–water partition coefficient (Wildman–Crippen LogP) is 2.74. The first-order valence-electron chi connectivity index (χ1n) is 9.64. The van der Waals surface area contributed by atoms with E-state index < -0.39 is 0 Å². The van der Waals surface area contributed by atoms with Crippen LogP contribution in [0.3, 0.4) is 0 Å². The summed E-state index contributed by atoms with van der Waals surface area (Å²) < 4.78 is 0. The van der Waals surface area contributed by atoms with Crippen LogP contribution in [0.1, 0.15) is 18.4 Å². The molecule has 0 bridgehead atoms. The number of rotatable bonds is 3. The van der Waals surface area contributed by atoms with Crippen LogP contribution in [0.25, 0.3) is 0 Å². The summed E-state index contributed by atoms with van der Waals surface area (Å²) in [6.45, 7) is 7.02. The Morgan fingerprint density at radius 3 is 2.33 bits per heavy atom. The number of carbonyl (C=O) groups excluding carboxylic acids is 1. The maximum atomic E-state index is 12.5. The van der Waals surface area contributed by atoms with E-state index in [9.17, 15) is 4.79 Å². The van der Waals surface area contributed by atoms with Crippen LogP contribution >= 0.6 is 0 Å². The third-order valence-corrected chi connectivity index (χ3v) is 5.21. The van der Waals surface area contributed by atoms with Crippen molar-refractivity contribution in [3.63, 3.8) is 0 Å². The normalized spacial score (nSPS) is 17.3. The average molecular weight is 366 g/mol. The van der Waals surface area contributed by atoms with Crippen molar-refractivity contribution in [1.29, 1.82) is 0 Å². The Labute approximate surface area is 160 Å². The van der Waals surface area contributed by atoms with Gasteiger partial charge in [-0.2, -0.15) is 4.98 Å². The molecule has 27 heavy (non-hydrogen) atoms. The SMILES string of the molecule is Cc1ccc(NC(=O)N2CCN(c3ccnc(N4CCCC4)n3)CC2)cc1. The molecule has 0 aliphatic carbocycles. The summed E-state index contributed by atoms with van der Waals surface area (Å²) in [6.07, 6.45) is 4.26. The molecule has 2 saturated heterocycles. The van der Waals surface area contributed by atoms with E-state index in [1.807, 2.05) is 48.4 Å². The standard InChI is InChI=1S/C20H26N6O/c1-16-4-6-17(7-5-16)22-20(27)26-14-12-24(13-15-26)18-8-9-21-19(23-18)25-10-2-3-11-25/h4-9H,2-3,10-15H2,1H3,(H,22,27). The Morgan fingerprint density at radius 2 is 1.63 bits per heavy atom. The zero-order valence-corrected chi connectivity index (χ0v) is 15.8. The number of benzene rings is 1. The first-order chi connectivity index (χ1) is 13.2. The van der Waals surface area contributed by atoms with Gasteiger partial charge >= 0.3 is 6.03 Å². The molecular weight excluding hydrogens is 340 g/mol. The lowest BCUT2D eigenvalue weighted by Crippen LogP contribution is -2.50. The largest absolute Gasteiger partial charge is 0.353 e. The van der Waals surface area contributed by atoms with Crippen molar-refractivity contribution in [3.8, 4) is 0 Å². The van der Waals surface area contributed by atoms with Crippen LogP contribution in [0.2, 0.25) is 0 Å². The average Bonchev–Trinajstić information content (AvgIpc) is 3.25. The summed E-state index contributed by atoms with van der Waals surface area (Å²) >= 11 is 0. The van der Waals surface area contributed by atoms with Crippen LogP contribution in [0.4, 0.5) is 22.2 Å². The van der Waals surface area contributed by atoms with E-state index in [2.05, 4.69) is 20.1 Å². The first kappa shape index (κ1) is 17.6. The van der Waals surface area contributed by atoms with Gasteiger partial charge in [0.1, 0.15) is 5.82 Å².